The van der Waals surface area contributed by atoms with Gasteiger partial charge < -0.3 is 4.57 Å². The Morgan fingerprint density at radius 2 is 1.67 bits per heavy atom. The number of aromatic nitrogens is 2. The van der Waals surface area contributed by atoms with Crippen LogP contribution in [-0.2, 0) is 6.54 Å². The largest absolute Gasteiger partial charge is 0.315 e. The fraction of sp³-hybridized carbons (Fsp3) is 0.200. The zero-order valence-corrected chi connectivity index (χ0v) is 13.1. The lowest BCUT2D eigenvalue weighted by Crippen LogP contribution is -2.18. The van der Waals surface area contributed by atoms with Gasteiger partial charge in [-0.15, -0.1) is 25.3 Å². The highest BCUT2D eigenvalue weighted by molar-refractivity contribution is 7.80. The molecule has 0 aliphatic carbocycles. The van der Waals surface area contributed by atoms with Crippen LogP contribution in [-0.4, -0.2) is 9.13 Å². The molecule has 0 aliphatic rings. The van der Waals surface area contributed by atoms with Crippen molar-refractivity contribution in [1.29, 1.82) is 0 Å². The molecule has 0 saturated carbocycles. The monoisotopic (exact) mass is 320 g/mol. The quantitative estimate of drug-likeness (QED) is 0.657. The number of aryl methyl sites for hydroxylation is 1. The van der Waals surface area contributed by atoms with Gasteiger partial charge in [0.25, 0.3) is 11.1 Å². The number of nitrogens with zero attached hydrogens (tertiary/aromatic N) is 2. The lowest BCUT2D eigenvalue weighted by molar-refractivity contribution is 0.626. The van der Waals surface area contributed by atoms with Crippen molar-refractivity contribution >= 4 is 31.5 Å². The van der Waals surface area contributed by atoms with Gasteiger partial charge in [0.2, 0.25) is 0 Å². The van der Waals surface area contributed by atoms with Crippen LogP contribution in [0.25, 0.3) is 6.20 Å². The highest BCUT2D eigenvalue weighted by atomic mass is 32.1. The molecule has 21 heavy (non-hydrogen) atoms. The van der Waals surface area contributed by atoms with Crippen LogP contribution >= 0.6 is 25.3 Å². The zero-order valence-electron chi connectivity index (χ0n) is 11.3. The van der Waals surface area contributed by atoms with Gasteiger partial charge in [0.1, 0.15) is 0 Å². The molecule has 0 bridgehead atoms. The molecule has 0 unspecified atom stereocenters. The Bertz CT molecular complexity index is 763. The highest BCUT2D eigenvalue weighted by Crippen LogP contribution is 2.02. The number of hydrogen-bond acceptors (Lipinski definition) is 4. The number of pyridine rings is 2. The van der Waals surface area contributed by atoms with Gasteiger partial charge in [-0.1, -0.05) is 6.08 Å². The van der Waals surface area contributed by atoms with Gasteiger partial charge in [0.05, 0.1) is 0 Å². The first-order valence-electron chi connectivity index (χ1n) is 6.53. The Morgan fingerprint density at radius 1 is 1.00 bits per heavy atom. The van der Waals surface area contributed by atoms with Crippen molar-refractivity contribution in [3.8, 4) is 0 Å². The van der Waals surface area contributed by atoms with E-state index in [1.54, 1.807) is 35.3 Å². The number of rotatable bonds is 5. The predicted octanol–water partition coefficient (Wildman–Crippen LogP) is 2.54. The summed E-state index contributed by atoms with van der Waals surface area (Å²) in [4.78, 5) is 24.6. The second-order valence-electron chi connectivity index (χ2n) is 4.57. The Labute approximate surface area is 133 Å². The van der Waals surface area contributed by atoms with E-state index in [0.717, 1.165) is 12.8 Å². The van der Waals surface area contributed by atoms with Crippen LogP contribution in [0, 0.1) is 0 Å². The van der Waals surface area contributed by atoms with Crippen LogP contribution < -0.4 is 11.1 Å². The Morgan fingerprint density at radius 3 is 2.33 bits per heavy atom. The fourth-order valence-corrected chi connectivity index (χ4v) is 2.21. The molecule has 2 aromatic heterocycles. The molecular weight excluding hydrogens is 304 g/mol. The van der Waals surface area contributed by atoms with Gasteiger partial charge in [-0.2, -0.15) is 0 Å². The summed E-state index contributed by atoms with van der Waals surface area (Å²) in [5, 5.41) is 0. The van der Waals surface area contributed by atoms with Gasteiger partial charge >= 0.3 is 0 Å². The molecule has 4 nitrogen and oxygen atoms in total. The lowest BCUT2D eigenvalue weighted by Gasteiger charge is -2.04. The summed E-state index contributed by atoms with van der Waals surface area (Å²) in [7, 11) is 0. The van der Waals surface area contributed by atoms with Crippen molar-refractivity contribution in [3.05, 3.63) is 63.4 Å². The highest BCUT2D eigenvalue weighted by Gasteiger charge is 1.96. The summed E-state index contributed by atoms with van der Waals surface area (Å²) in [5.74, 6) is 0. The summed E-state index contributed by atoms with van der Waals surface area (Å²) in [6.07, 6.45) is 8.67. The van der Waals surface area contributed by atoms with Gasteiger partial charge in [-0.3, -0.25) is 14.2 Å². The van der Waals surface area contributed by atoms with Crippen molar-refractivity contribution in [3.63, 3.8) is 0 Å². The van der Waals surface area contributed by atoms with E-state index in [9.17, 15) is 9.59 Å². The predicted molar refractivity (Wildman–Crippen MR) is 90.5 cm³/mol. The normalized spacial score (nSPS) is 11.1. The summed E-state index contributed by atoms with van der Waals surface area (Å²) in [6, 6.07) is 6.51. The average Bonchev–Trinajstić information content (AvgIpc) is 2.42. The van der Waals surface area contributed by atoms with Crippen molar-refractivity contribution < 1.29 is 0 Å². The minimum absolute atomic E-state index is 0.0490. The molecular formula is C15H16N2O2S2. The van der Waals surface area contributed by atoms with E-state index in [4.69, 9.17) is 0 Å². The first-order valence-corrected chi connectivity index (χ1v) is 7.43. The number of thiol groups is 2. The molecule has 0 N–H and O–H groups in total. The maximum atomic E-state index is 11.6. The molecule has 0 aromatic carbocycles. The fourth-order valence-electron chi connectivity index (χ4n) is 1.85. The maximum absolute atomic E-state index is 11.6. The molecule has 0 radical (unpaired) electrons. The van der Waals surface area contributed by atoms with Crippen LogP contribution in [0.4, 0.5) is 0 Å². The van der Waals surface area contributed by atoms with Crippen molar-refractivity contribution in [2.45, 2.75) is 29.2 Å². The second-order valence-corrected chi connectivity index (χ2v) is 5.61. The maximum Gasteiger partial charge on any atom is 0.255 e. The SMILES string of the molecule is O=c1cc(S)ccn1/C=C/CCCn1ccc(S)cc1=O. The van der Waals surface area contributed by atoms with Crippen molar-refractivity contribution in [2.75, 3.05) is 0 Å². The molecule has 110 valence electrons. The third-order valence-corrected chi connectivity index (χ3v) is 3.50. The Balaban J connectivity index is 1.88. The zero-order chi connectivity index (χ0) is 15.2. The van der Waals surface area contributed by atoms with E-state index < -0.39 is 0 Å². The number of hydrogen-bond donors (Lipinski definition) is 2. The average molecular weight is 320 g/mol. The molecule has 2 heterocycles. The molecule has 2 aromatic rings. The molecule has 0 atom stereocenters. The van der Waals surface area contributed by atoms with Crippen LogP contribution in [0.2, 0.25) is 0 Å². The van der Waals surface area contributed by atoms with Crippen LogP contribution in [0.3, 0.4) is 0 Å². The van der Waals surface area contributed by atoms with E-state index in [2.05, 4.69) is 25.3 Å². The lowest BCUT2D eigenvalue weighted by atomic mass is 10.3. The number of unbranched alkanes of at least 4 members (excludes halogenated alkanes) is 1. The Hall–Kier alpha value is -1.66. The van der Waals surface area contributed by atoms with E-state index in [1.807, 2.05) is 6.08 Å². The van der Waals surface area contributed by atoms with E-state index in [0.29, 0.717) is 16.3 Å². The molecule has 0 fully saturated rings. The first kappa shape index (κ1) is 15.7. The molecule has 0 aliphatic heterocycles. The van der Waals surface area contributed by atoms with Gasteiger partial charge in [0, 0.05) is 47.1 Å². The number of allylic oxidation sites excluding steroid dienone is 1. The third-order valence-electron chi connectivity index (χ3n) is 2.95. The summed E-state index contributed by atoms with van der Waals surface area (Å²) >= 11 is 8.23. The van der Waals surface area contributed by atoms with Crippen LogP contribution in [0.5, 0.6) is 0 Å². The minimum Gasteiger partial charge on any atom is -0.315 e. The van der Waals surface area contributed by atoms with Crippen LogP contribution in [0.1, 0.15) is 12.8 Å². The smallest absolute Gasteiger partial charge is 0.255 e. The summed E-state index contributed by atoms with van der Waals surface area (Å²) < 4.78 is 3.15. The van der Waals surface area contributed by atoms with Crippen molar-refractivity contribution in [2.24, 2.45) is 0 Å². The Kier molecular flexibility index (Phi) is 5.52. The summed E-state index contributed by atoms with van der Waals surface area (Å²) in [6.45, 7) is 0.641. The minimum atomic E-state index is -0.112. The van der Waals surface area contributed by atoms with Gasteiger partial charge in [0.15, 0.2) is 0 Å². The third kappa shape index (κ3) is 4.68. The molecule has 6 heteroatoms. The molecule has 0 saturated heterocycles. The standard InChI is InChI=1S/C15H16N2O2S2/c18-14-10-12(20)4-8-16(14)6-2-1-3-7-17-9-5-13(21)11-15(17)19/h2,4-6,8-11,20-21H,1,3,7H2/b6-2+. The topological polar surface area (TPSA) is 44.0 Å². The molecule has 2 rings (SSSR count). The van der Waals surface area contributed by atoms with Gasteiger partial charge in [-0.25, -0.2) is 0 Å². The molecule has 0 spiro atoms. The van der Waals surface area contributed by atoms with Gasteiger partial charge in [-0.05, 0) is 25.0 Å². The summed E-state index contributed by atoms with van der Waals surface area (Å²) in [5.41, 5.74) is -0.161. The first-order chi connectivity index (χ1) is 10.1. The van der Waals surface area contributed by atoms with E-state index >= 15 is 0 Å². The second kappa shape index (κ2) is 7.38. The van der Waals surface area contributed by atoms with Crippen LogP contribution in [0.15, 0.2) is 62.1 Å². The van der Waals surface area contributed by atoms with Crippen molar-refractivity contribution in [1.82, 2.24) is 9.13 Å². The van der Waals surface area contributed by atoms with E-state index in [1.165, 1.54) is 16.7 Å². The molecule has 0 amide bonds. The van der Waals surface area contributed by atoms with E-state index in [-0.39, 0.29) is 11.1 Å².